The van der Waals surface area contributed by atoms with E-state index in [1.165, 1.54) is 0 Å². The van der Waals surface area contributed by atoms with Crippen molar-refractivity contribution in [1.29, 1.82) is 0 Å². The molecule has 2 aliphatic heterocycles. The Balaban J connectivity index is 1.58. The topological polar surface area (TPSA) is 96.3 Å². The van der Waals surface area contributed by atoms with E-state index in [0.29, 0.717) is 32.5 Å². The summed E-state index contributed by atoms with van der Waals surface area (Å²) in [5.74, 6) is -0.412. The Hall–Kier alpha value is -2.38. The van der Waals surface area contributed by atoms with Crippen LogP contribution in [0.4, 0.5) is 4.79 Å². The smallest absolute Gasteiger partial charge is 0.322 e. The zero-order valence-electron chi connectivity index (χ0n) is 12.4. The van der Waals surface area contributed by atoms with Gasteiger partial charge in [-0.1, -0.05) is 6.92 Å². The number of nitrogens with one attached hydrogen (secondary N) is 2. The standard InChI is InChI=1S/C14H19N5O3/c1-10(9-19-6-2-5-15-19)11(20)18-7-3-14(4-8-18)12(21)16-13(22)17-14/h2,5-6,10H,3-4,7-9H2,1H3,(H2,16,17,21,22). The first-order valence-electron chi connectivity index (χ1n) is 7.40. The highest BCUT2D eigenvalue weighted by Crippen LogP contribution is 2.26. The lowest BCUT2D eigenvalue weighted by Gasteiger charge is -2.38. The SMILES string of the molecule is CC(Cn1cccn1)C(=O)N1CCC2(CC1)NC(=O)NC2=O. The largest absolute Gasteiger partial charge is 0.342 e. The van der Waals surface area contributed by atoms with E-state index in [1.807, 2.05) is 19.2 Å². The Morgan fingerprint density at radius 2 is 2.14 bits per heavy atom. The van der Waals surface area contributed by atoms with Crippen LogP contribution in [0.25, 0.3) is 0 Å². The van der Waals surface area contributed by atoms with Gasteiger partial charge in [0.2, 0.25) is 5.91 Å². The van der Waals surface area contributed by atoms with E-state index in [1.54, 1.807) is 15.8 Å². The van der Waals surface area contributed by atoms with Gasteiger partial charge in [-0.25, -0.2) is 4.79 Å². The van der Waals surface area contributed by atoms with Gasteiger partial charge in [0, 0.05) is 25.5 Å². The number of carbonyl (C=O) groups excluding carboxylic acids is 3. The van der Waals surface area contributed by atoms with E-state index in [9.17, 15) is 14.4 Å². The summed E-state index contributed by atoms with van der Waals surface area (Å²) in [5.41, 5.74) is -0.834. The van der Waals surface area contributed by atoms with Crippen LogP contribution in [0, 0.1) is 5.92 Å². The van der Waals surface area contributed by atoms with Crippen LogP contribution < -0.4 is 10.6 Å². The summed E-state index contributed by atoms with van der Waals surface area (Å²) in [6.07, 6.45) is 4.41. The summed E-state index contributed by atoms with van der Waals surface area (Å²) in [6, 6.07) is 1.38. The normalized spacial score (nSPS) is 21.6. The number of likely N-dealkylation sites (tertiary alicyclic amines) is 1. The van der Waals surface area contributed by atoms with E-state index in [4.69, 9.17) is 0 Å². The van der Waals surface area contributed by atoms with E-state index in [2.05, 4.69) is 15.7 Å². The molecule has 0 saturated carbocycles. The fourth-order valence-corrected chi connectivity index (χ4v) is 3.07. The Labute approximate surface area is 127 Å². The Morgan fingerprint density at radius 3 is 2.68 bits per heavy atom. The molecule has 0 aliphatic carbocycles. The fourth-order valence-electron chi connectivity index (χ4n) is 3.07. The van der Waals surface area contributed by atoms with Gasteiger partial charge < -0.3 is 10.2 Å². The lowest BCUT2D eigenvalue weighted by molar-refractivity contribution is -0.139. The molecule has 8 nitrogen and oxygen atoms in total. The number of nitrogens with zero attached hydrogens (tertiary/aromatic N) is 3. The maximum Gasteiger partial charge on any atom is 0.322 e. The third-order valence-electron chi connectivity index (χ3n) is 4.38. The highest BCUT2D eigenvalue weighted by atomic mass is 16.2. The number of hydrogen-bond acceptors (Lipinski definition) is 4. The van der Waals surface area contributed by atoms with Crippen molar-refractivity contribution in [2.24, 2.45) is 5.92 Å². The quantitative estimate of drug-likeness (QED) is 0.751. The van der Waals surface area contributed by atoms with E-state index in [-0.39, 0.29) is 17.7 Å². The van der Waals surface area contributed by atoms with E-state index in [0.717, 1.165) is 0 Å². The van der Waals surface area contributed by atoms with Crippen molar-refractivity contribution >= 4 is 17.8 Å². The molecule has 4 amide bonds. The first kappa shape index (κ1) is 14.6. The first-order valence-corrected chi connectivity index (χ1v) is 7.40. The van der Waals surface area contributed by atoms with Crippen LogP contribution in [-0.4, -0.2) is 51.2 Å². The van der Waals surface area contributed by atoms with E-state index >= 15 is 0 Å². The molecule has 0 bridgehead atoms. The number of hydrogen-bond donors (Lipinski definition) is 2. The summed E-state index contributed by atoms with van der Waals surface area (Å²) >= 11 is 0. The second-order valence-electron chi connectivity index (χ2n) is 5.94. The minimum atomic E-state index is -0.834. The molecule has 22 heavy (non-hydrogen) atoms. The highest BCUT2D eigenvalue weighted by molar-refractivity contribution is 6.07. The van der Waals surface area contributed by atoms with Gasteiger partial charge in [0.25, 0.3) is 5.91 Å². The highest BCUT2D eigenvalue weighted by Gasteiger charge is 2.48. The Bertz CT molecular complexity index is 590. The number of rotatable bonds is 3. The van der Waals surface area contributed by atoms with Crippen molar-refractivity contribution in [2.45, 2.75) is 31.8 Å². The summed E-state index contributed by atoms with van der Waals surface area (Å²) in [6.45, 7) is 3.34. The van der Waals surface area contributed by atoms with Crippen LogP contribution in [0.2, 0.25) is 0 Å². The van der Waals surface area contributed by atoms with Crippen molar-refractivity contribution in [3.05, 3.63) is 18.5 Å². The van der Waals surface area contributed by atoms with Crippen molar-refractivity contribution in [2.75, 3.05) is 13.1 Å². The number of piperidine rings is 1. The average molecular weight is 305 g/mol. The first-order chi connectivity index (χ1) is 10.5. The zero-order chi connectivity index (χ0) is 15.7. The van der Waals surface area contributed by atoms with Crippen LogP contribution >= 0.6 is 0 Å². The van der Waals surface area contributed by atoms with Gasteiger partial charge in [0.05, 0.1) is 12.5 Å². The number of urea groups is 1. The van der Waals surface area contributed by atoms with Crippen LogP contribution in [0.3, 0.4) is 0 Å². The lowest BCUT2D eigenvalue weighted by Crippen LogP contribution is -2.56. The maximum absolute atomic E-state index is 12.5. The maximum atomic E-state index is 12.5. The molecule has 2 fully saturated rings. The molecule has 8 heteroatoms. The molecule has 118 valence electrons. The Kier molecular flexibility index (Phi) is 3.59. The zero-order valence-corrected chi connectivity index (χ0v) is 12.4. The molecule has 0 aromatic carbocycles. The van der Waals surface area contributed by atoms with Gasteiger partial charge in [0.15, 0.2) is 0 Å². The van der Waals surface area contributed by atoms with Crippen LogP contribution in [0.5, 0.6) is 0 Å². The summed E-state index contributed by atoms with van der Waals surface area (Å²) < 4.78 is 1.73. The lowest BCUT2D eigenvalue weighted by atomic mass is 9.87. The number of carbonyl (C=O) groups is 3. The molecule has 3 heterocycles. The minimum absolute atomic E-state index is 0.0510. The van der Waals surface area contributed by atoms with Crippen molar-refractivity contribution in [3.8, 4) is 0 Å². The van der Waals surface area contributed by atoms with Gasteiger partial charge in [-0.15, -0.1) is 0 Å². The van der Waals surface area contributed by atoms with Crippen LogP contribution in [0.1, 0.15) is 19.8 Å². The van der Waals surface area contributed by atoms with Gasteiger partial charge in [-0.2, -0.15) is 5.10 Å². The van der Waals surface area contributed by atoms with Crippen LogP contribution in [0.15, 0.2) is 18.5 Å². The second kappa shape index (κ2) is 5.43. The van der Waals surface area contributed by atoms with Crippen molar-refractivity contribution in [1.82, 2.24) is 25.3 Å². The molecular formula is C14H19N5O3. The van der Waals surface area contributed by atoms with Crippen molar-refractivity contribution < 1.29 is 14.4 Å². The average Bonchev–Trinajstić information content (AvgIpc) is 3.08. The molecule has 2 saturated heterocycles. The predicted molar refractivity (Wildman–Crippen MR) is 76.6 cm³/mol. The minimum Gasteiger partial charge on any atom is -0.342 e. The third kappa shape index (κ3) is 2.56. The number of amides is 4. The molecule has 1 spiro atoms. The number of aromatic nitrogens is 2. The fraction of sp³-hybridized carbons (Fsp3) is 0.571. The second-order valence-corrected chi connectivity index (χ2v) is 5.94. The molecular weight excluding hydrogens is 286 g/mol. The molecule has 0 radical (unpaired) electrons. The van der Waals surface area contributed by atoms with Gasteiger partial charge in [-0.3, -0.25) is 19.6 Å². The molecule has 1 atom stereocenters. The van der Waals surface area contributed by atoms with Gasteiger partial charge in [-0.05, 0) is 18.9 Å². The summed E-state index contributed by atoms with van der Waals surface area (Å²) in [7, 11) is 0. The third-order valence-corrected chi connectivity index (χ3v) is 4.38. The molecule has 2 N–H and O–H groups in total. The van der Waals surface area contributed by atoms with Gasteiger partial charge >= 0.3 is 6.03 Å². The summed E-state index contributed by atoms with van der Waals surface area (Å²) in [4.78, 5) is 37.4. The molecule has 3 rings (SSSR count). The molecule has 1 aromatic heterocycles. The predicted octanol–water partition coefficient (Wildman–Crippen LogP) is -0.280. The van der Waals surface area contributed by atoms with Crippen molar-refractivity contribution in [3.63, 3.8) is 0 Å². The number of imide groups is 1. The van der Waals surface area contributed by atoms with Gasteiger partial charge in [0.1, 0.15) is 5.54 Å². The monoisotopic (exact) mass is 305 g/mol. The van der Waals surface area contributed by atoms with Crippen LogP contribution in [-0.2, 0) is 16.1 Å². The summed E-state index contributed by atoms with van der Waals surface area (Å²) in [5, 5.41) is 9.07. The molecule has 2 aliphatic rings. The van der Waals surface area contributed by atoms with E-state index < -0.39 is 11.6 Å². The molecule has 1 unspecified atom stereocenters. The molecule has 1 aromatic rings. The Morgan fingerprint density at radius 1 is 1.41 bits per heavy atom.